The van der Waals surface area contributed by atoms with Crippen LogP contribution in [-0.4, -0.2) is 29.5 Å². The monoisotopic (exact) mass is 132 g/mol. The average Bonchev–Trinajstić information content (AvgIpc) is 1.86. The standard InChI is InChI=1S/C7H18NO/c1-5-7(3)8(4,9)6-2/h7,9H,5-6H2,1-4H3/q+1. The Hall–Kier alpha value is -0.0800. The van der Waals surface area contributed by atoms with E-state index in [1.807, 2.05) is 14.0 Å². The van der Waals surface area contributed by atoms with Gasteiger partial charge in [0.15, 0.2) is 0 Å². The molecule has 2 unspecified atom stereocenters. The van der Waals surface area contributed by atoms with Gasteiger partial charge in [0, 0.05) is 0 Å². The lowest BCUT2D eigenvalue weighted by molar-refractivity contribution is -1.10. The van der Waals surface area contributed by atoms with Crippen molar-refractivity contribution in [1.82, 2.24) is 0 Å². The van der Waals surface area contributed by atoms with Gasteiger partial charge in [-0.1, -0.05) is 6.92 Å². The molecule has 0 bridgehead atoms. The topological polar surface area (TPSA) is 20.2 Å². The predicted octanol–water partition coefficient (Wildman–Crippen LogP) is 1.64. The quantitative estimate of drug-likeness (QED) is 0.457. The molecule has 2 nitrogen and oxygen atoms in total. The summed E-state index contributed by atoms with van der Waals surface area (Å²) in [5.41, 5.74) is 0. The zero-order chi connectivity index (χ0) is 7.49. The fourth-order valence-electron chi connectivity index (χ4n) is 0.705. The zero-order valence-corrected chi connectivity index (χ0v) is 6.89. The Morgan fingerprint density at radius 3 is 2.00 bits per heavy atom. The predicted molar refractivity (Wildman–Crippen MR) is 38.3 cm³/mol. The van der Waals surface area contributed by atoms with Crippen LogP contribution in [0.1, 0.15) is 27.2 Å². The summed E-state index contributed by atoms with van der Waals surface area (Å²) in [5.74, 6) is 0. The van der Waals surface area contributed by atoms with Crippen LogP contribution in [0.25, 0.3) is 0 Å². The van der Waals surface area contributed by atoms with Crippen molar-refractivity contribution in [2.24, 2.45) is 0 Å². The van der Waals surface area contributed by atoms with E-state index >= 15 is 0 Å². The summed E-state index contributed by atoms with van der Waals surface area (Å²) in [7, 11) is 1.84. The molecule has 0 aromatic heterocycles. The molecule has 0 aliphatic heterocycles. The summed E-state index contributed by atoms with van der Waals surface area (Å²) in [6.07, 6.45) is 1.03. The van der Waals surface area contributed by atoms with Crippen molar-refractivity contribution in [3.05, 3.63) is 0 Å². The van der Waals surface area contributed by atoms with Crippen molar-refractivity contribution in [3.8, 4) is 0 Å². The molecule has 0 aliphatic rings. The molecule has 0 saturated carbocycles. The molecule has 2 atom stereocenters. The van der Waals surface area contributed by atoms with Crippen LogP contribution >= 0.6 is 0 Å². The van der Waals surface area contributed by atoms with Gasteiger partial charge in [-0.05, 0) is 20.3 Å². The second-order valence-corrected chi connectivity index (χ2v) is 2.79. The number of quaternary nitrogens is 1. The van der Waals surface area contributed by atoms with Gasteiger partial charge in [0.25, 0.3) is 0 Å². The summed E-state index contributed by atoms with van der Waals surface area (Å²) in [6.45, 7) is 6.93. The summed E-state index contributed by atoms with van der Waals surface area (Å²) >= 11 is 0. The molecule has 0 rings (SSSR count). The van der Waals surface area contributed by atoms with Crippen molar-refractivity contribution < 1.29 is 9.85 Å². The average molecular weight is 132 g/mol. The van der Waals surface area contributed by atoms with E-state index in [0.29, 0.717) is 6.04 Å². The fraction of sp³-hybridized carbons (Fsp3) is 1.00. The van der Waals surface area contributed by atoms with Gasteiger partial charge < -0.3 is 0 Å². The molecule has 2 heteroatoms. The largest absolute Gasteiger partial charge is 0.217 e. The Labute approximate surface area is 57.6 Å². The van der Waals surface area contributed by atoms with Crippen molar-refractivity contribution >= 4 is 0 Å². The van der Waals surface area contributed by atoms with Gasteiger partial charge in [-0.2, -0.15) is 4.65 Å². The number of rotatable bonds is 3. The summed E-state index contributed by atoms with van der Waals surface area (Å²) in [5, 5.41) is 9.53. The zero-order valence-electron chi connectivity index (χ0n) is 6.89. The molecule has 56 valence electrons. The Kier molecular flexibility index (Phi) is 3.15. The molecule has 9 heavy (non-hydrogen) atoms. The first-order chi connectivity index (χ1) is 4.04. The highest BCUT2D eigenvalue weighted by molar-refractivity contribution is 4.41. The first-order valence-electron chi connectivity index (χ1n) is 3.62. The van der Waals surface area contributed by atoms with E-state index in [2.05, 4.69) is 13.8 Å². The number of hydrogen-bond donors (Lipinski definition) is 1. The van der Waals surface area contributed by atoms with E-state index in [4.69, 9.17) is 0 Å². The van der Waals surface area contributed by atoms with Gasteiger partial charge >= 0.3 is 0 Å². The Balaban J connectivity index is 3.80. The molecular weight excluding hydrogens is 114 g/mol. The minimum Gasteiger partial charge on any atom is -0.217 e. The van der Waals surface area contributed by atoms with Crippen LogP contribution in [0, 0.1) is 0 Å². The minimum absolute atomic E-state index is 0.149. The van der Waals surface area contributed by atoms with Gasteiger partial charge in [0.05, 0.1) is 7.05 Å². The Morgan fingerprint density at radius 1 is 1.44 bits per heavy atom. The van der Waals surface area contributed by atoms with Gasteiger partial charge in [-0.3, -0.25) is 0 Å². The molecule has 0 aromatic rings. The third-order valence-corrected chi connectivity index (χ3v) is 2.18. The molecule has 0 amide bonds. The van der Waals surface area contributed by atoms with E-state index in [1.54, 1.807) is 0 Å². The van der Waals surface area contributed by atoms with Crippen molar-refractivity contribution in [2.75, 3.05) is 13.6 Å². The van der Waals surface area contributed by atoms with Gasteiger partial charge in [0.2, 0.25) is 0 Å². The first kappa shape index (κ1) is 8.92. The molecule has 1 N–H and O–H groups in total. The highest BCUT2D eigenvalue weighted by Crippen LogP contribution is 2.07. The van der Waals surface area contributed by atoms with Crippen LogP contribution in [0.2, 0.25) is 0 Å². The van der Waals surface area contributed by atoms with Crippen LogP contribution in [0.5, 0.6) is 0 Å². The third-order valence-electron chi connectivity index (χ3n) is 2.18. The molecule has 0 aromatic carbocycles. The molecule has 0 saturated heterocycles. The number of hydrogen-bond acceptors (Lipinski definition) is 1. The van der Waals surface area contributed by atoms with E-state index < -0.39 is 0 Å². The van der Waals surface area contributed by atoms with Crippen LogP contribution in [0.3, 0.4) is 0 Å². The van der Waals surface area contributed by atoms with Crippen LogP contribution in [-0.2, 0) is 0 Å². The first-order valence-corrected chi connectivity index (χ1v) is 3.62. The second-order valence-electron chi connectivity index (χ2n) is 2.79. The lowest BCUT2D eigenvalue weighted by atomic mass is 10.2. The molecule has 0 fully saturated rings. The van der Waals surface area contributed by atoms with E-state index in [-0.39, 0.29) is 4.65 Å². The fourth-order valence-corrected chi connectivity index (χ4v) is 0.705. The van der Waals surface area contributed by atoms with Gasteiger partial charge in [-0.15, -0.1) is 0 Å². The molecule has 0 radical (unpaired) electrons. The Bertz CT molecular complexity index is 81.0. The van der Waals surface area contributed by atoms with Gasteiger partial charge in [-0.25, -0.2) is 5.21 Å². The van der Waals surface area contributed by atoms with E-state index in [1.165, 1.54) is 0 Å². The molecule has 0 spiro atoms. The maximum absolute atomic E-state index is 9.53. The SMILES string of the molecule is CCC(C)[N+](C)(O)CC. The van der Waals surface area contributed by atoms with Crippen LogP contribution in [0.15, 0.2) is 0 Å². The van der Waals surface area contributed by atoms with Crippen molar-refractivity contribution in [3.63, 3.8) is 0 Å². The third kappa shape index (κ3) is 2.33. The normalized spacial score (nSPS) is 21.0. The number of hydroxylamine groups is 3. The molecule has 0 aliphatic carbocycles. The lowest BCUT2D eigenvalue weighted by Gasteiger charge is -2.29. The van der Waals surface area contributed by atoms with Crippen LogP contribution < -0.4 is 0 Å². The molecule has 0 heterocycles. The minimum atomic E-state index is 0.149. The second kappa shape index (κ2) is 3.18. The highest BCUT2D eigenvalue weighted by Gasteiger charge is 2.22. The summed E-state index contributed by atoms with van der Waals surface area (Å²) in [6, 6.07) is 0.356. The maximum Gasteiger partial charge on any atom is 0.115 e. The molecular formula is C7H18NO+. The van der Waals surface area contributed by atoms with E-state index in [9.17, 15) is 5.21 Å². The van der Waals surface area contributed by atoms with Crippen molar-refractivity contribution in [2.45, 2.75) is 33.2 Å². The summed E-state index contributed by atoms with van der Waals surface area (Å²) in [4.78, 5) is 0. The Morgan fingerprint density at radius 2 is 1.89 bits per heavy atom. The van der Waals surface area contributed by atoms with E-state index in [0.717, 1.165) is 13.0 Å². The van der Waals surface area contributed by atoms with Crippen LogP contribution in [0.4, 0.5) is 0 Å². The maximum atomic E-state index is 9.53. The van der Waals surface area contributed by atoms with Gasteiger partial charge in [0.1, 0.15) is 12.6 Å². The van der Waals surface area contributed by atoms with Crippen molar-refractivity contribution in [1.29, 1.82) is 0 Å². The summed E-state index contributed by atoms with van der Waals surface area (Å²) < 4.78 is 0.149. The lowest BCUT2D eigenvalue weighted by Crippen LogP contribution is -2.47. The number of nitrogens with zero attached hydrogens (tertiary/aromatic N) is 1. The highest BCUT2D eigenvalue weighted by atomic mass is 16.5. The smallest absolute Gasteiger partial charge is 0.115 e.